The van der Waals surface area contributed by atoms with Crippen molar-refractivity contribution in [3.05, 3.63) is 53.6 Å². The molecule has 0 heterocycles. The summed E-state index contributed by atoms with van der Waals surface area (Å²) in [6, 6.07) is 14.2. The molecule has 0 aliphatic rings. The fraction of sp³-hybridized carbons (Fsp3) is 0.316. The lowest BCUT2D eigenvalue weighted by molar-refractivity contribution is -0.116. The van der Waals surface area contributed by atoms with E-state index in [1.54, 1.807) is 0 Å². The van der Waals surface area contributed by atoms with Gasteiger partial charge in [0, 0.05) is 23.5 Å². The summed E-state index contributed by atoms with van der Waals surface area (Å²) < 4.78 is 0. The molecule has 22 heavy (non-hydrogen) atoms. The normalized spacial score (nSPS) is 10.6. The molecule has 0 atom stereocenters. The number of carbonyl (C=O) groups excluding carboxylic acids is 1. The Morgan fingerprint density at radius 3 is 2.00 bits per heavy atom. The quantitative estimate of drug-likeness (QED) is 0.812. The van der Waals surface area contributed by atoms with E-state index in [2.05, 4.69) is 42.7 Å². The summed E-state index contributed by atoms with van der Waals surface area (Å²) in [7, 11) is 0. The van der Waals surface area contributed by atoms with Crippen molar-refractivity contribution in [2.45, 2.75) is 34.1 Å². The summed E-state index contributed by atoms with van der Waals surface area (Å²) in [4.78, 5) is 11.7. The number of hydrogen-bond donors (Lipinski definition) is 2. The second-order valence-corrected chi connectivity index (χ2v) is 6.22. The number of aryl methyl sites for hydroxylation is 2. The van der Waals surface area contributed by atoms with Crippen LogP contribution >= 0.6 is 0 Å². The van der Waals surface area contributed by atoms with Crippen molar-refractivity contribution in [1.29, 1.82) is 0 Å². The molecular weight excluding hydrogens is 272 g/mol. The Hall–Kier alpha value is -2.29. The Kier molecular flexibility index (Phi) is 5.21. The van der Waals surface area contributed by atoms with E-state index in [0.29, 0.717) is 12.3 Å². The van der Waals surface area contributed by atoms with Gasteiger partial charge in [0.15, 0.2) is 0 Å². The van der Waals surface area contributed by atoms with Crippen molar-refractivity contribution >= 4 is 23.0 Å². The highest BCUT2D eigenvalue weighted by Crippen LogP contribution is 2.21. The smallest absolute Gasteiger partial charge is 0.224 e. The molecule has 0 unspecified atom stereocenters. The van der Waals surface area contributed by atoms with Gasteiger partial charge < -0.3 is 10.6 Å². The standard InChI is InChI=1S/C19H24N2O/c1-13(2)9-19(22)21-17-7-5-16(6-8-17)20-18-11-14(3)10-15(4)12-18/h5-8,10-13,20H,9H2,1-4H3,(H,21,22). The first-order valence-electron chi connectivity index (χ1n) is 7.67. The molecule has 116 valence electrons. The lowest BCUT2D eigenvalue weighted by atomic mass is 10.1. The van der Waals surface area contributed by atoms with Crippen LogP contribution in [0.4, 0.5) is 17.1 Å². The number of carbonyl (C=O) groups is 1. The first-order valence-corrected chi connectivity index (χ1v) is 7.67. The number of nitrogens with one attached hydrogen (secondary N) is 2. The summed E-state index contributed by atoms with van der Waals surface area (Å²) in [6.07, 6.45) is 0.544. The molecule has 2 aromatic rings. The summed E-state index contributed by atoms with van der Waals surface area (Å²) in [5, 5.41) is 6.30. The van der Waals surface area contributed by atoms with Crippen LogP contribution in [0.1, 0.15) is 31.4 Å². The van der Waals surface area contributed by atoms with Crippen LogP contribution in [0.5, 0.6) is 0 Å². The molecular formula is C19H24N2O. The van der Waals surface area contributed by atoms with Crippen LogP contribution in [0.3, 0.4) is 0 Å². The van der Waals surface area contributed by atoms with E-state index in [1.807, 2.05) is 38.1 Å². The Morgan fingerprint density at radius 1 is 0.909 bits per heavy atom. The topological polar surface area (TPSA) is 41.1 Å². The Morgan fingerprint density at radius 2 is 1.45 bits per heavy atom. The SMILES string of the molecule is Cc1cc(C)cc(Nc2ccc(NC(=O)CC(C)C)cc2)c1. The predicted octanol–water partition coefficient (Wildman–Crippen LogP) is 5.03. The molecule has 0 radical (unpaired) electrons. The number of rotatable bonds is 5. The second kappa shape index (κ2) is 7.12. The van der Waals surface area contributed by atoms with Crippen LogP contribution in [-0.4, -0.2) is 5.91 Å². The third-order valence-corrected chi connectivity index (χ3v) is 3.27. The van der Waals surface area contributed by atoms with E-state index < -0.39 is 0 Å². The Labute approximate surface area is 132 Å². The van der Waals surface area contributed by atoms with E-state index >= 15 is 0 Å². The molecule has 0 saturated heterocycles. The minimum Gasteiger partial charge on any atom is -0.356 e. The summed E-state index contributed by atoms with van der Waals surface area (Å²) in [5.41, 5.74) is 5.39. The van der Waals surface area contributed by atoms with Gasteiger partial charge in [-0.2, -0.15) is 0 Å². The van der Waals surface area contributed by atoms with Gasteiger partial charge in [0.25, 0.3) is 0 Å². The molecule has 2 aromatic carbocycles. The van der Waals surface area contributed by atoms with Gasteiger partial charge in [-0.1, -0.05) is 19.9 Å². The van der Waals surface area contributed by atoms with E-state index in [1.165, 1.54) is 11.1 Å². The molecule has 3 heteroatoms. The van der Waals surface area contributed by atoms with Crippen molar-refractivity contribution < 1.29 is 4.79 Å². The van der Waals surface area contributed by atoms with Crippen LogP contribution in [0, 0.1) is 19.8 Å². The largest absolute Gasteiger partial charge is 0.356 e. The third-order valence-electron chi connectivity index (χ3n) is 3.27. The second-order valence-electron chi connectivity index (χ2n) is 6.22. The monoisotopic (exact) mass is 296 g/mol. The van der Waals surface area contributed by atoms with Gasteiger partial charge in [-0.3, -0.25) is 4.79 Å². The highest BCUT2D eigenvalue weighted by molar-refractivity contribution is 5.91. The summed E-state index contributed by atoms with van der Waals surface area (Å²) in [5.74, 6) is 0.426. The fourth-order valence-electron chi connectivity index (χ4n) is 2.43. The molecule has 3 nitrogen and oxygen atoms in total. The average molecular weight is 296 g/mol. The minimum absolute atomic E-state index is 0.0602. The molecule has 0 aliphatic heterocycles. The highest BCUT2D eigenvalue weighted by Gasteiger charge is 2.05. The van der Waals surface area contributed by atoms with Gasteiger partial charge in [0.05, 0.1) is 0 Å². The Balaban J connectivity index is 2.01. The van der Waals surface area contributed by atoms with Crippen LogP contribution in [0.25, 0.3) is 0 Å². The molecule has 0 bridgehead atoms. The van der Waals surface area contributed by atoms with Crippen molar-refractivity contribution in [2.24, 2.45) is 5.92 Å². The van der Waals surface area contributed by atoms with Crippen molar-refractivity contribution in [3.8, 4) is 0 Å². The first kappa shape index (κ1) is 16.1. The lowest BCUT2D eigenvalue weighted by Gasteiger charge is -2.11. The molecule has 2 N–H and O–H groups in total. The zero-order valence-electron chi connectivity index (χ0n) is 13.7. The van der Waals surface area contributed by atoms with Crippen molar-refractivity contribution in [1.82, 2.24) is 0 Å². The van der Waals surface area contributed by atoms with Gasteiger partial charge in [-0.05, 0) is 67.3 Å². The number of benzene rings is 2. The van der Waals surface area contributed by atoms with Gasteiger partial charge in [-0.25, -0.2) is 0 Å². The zero-order valence-corrected chi connectivity index (χ0v) is 13.7. The van der Waals surface area contributed by atoms with E-state index in [9.17, 15) is 4.79 Å². The van der Waals surface area contributed by atoms with Crippen LogP contribution < -0.4 is 10.6 Å². The predicted molar refractivity (Wildman–Crippen MR) is 93.7 cm³/mol. The number of amides is 1. The molecule has 0 aromatic heterocycles. The van der Waals surface area contributed by atoms with E-state index in [0.717, 1.165) is 17.1 Å². The van der Waals surface area contributed by atoms with Crippen molar-refractivity contribution in [2.75, 3.05) is 10.6 Å². The Bertz CT molecular complexity index is 625. The minimum atomic E-state index is 0.0602. The average Bonchev–Trinajstić information content (AvgIpc) is 2.39. The molecule has 0 aliphatic carbocycles. The molecule has 0 spiro atoms. The molecule has 0 fully saturated rings. The molecule has 0 saturated carbocycles. The molecule has 2 rings (SSSR count). The summed E-state index contributed by atoms with van der Waals surface area (Å²) in [6.45, 7) is 8.25. The number of hydrogen-bond acceptors (Lipinski definition) is 2. The maximum Gasteiger partial charge on any atom is 0.224 e. The van der Waals surface area contributed by atoms with Gasteiger partial charge >= 0.3 is 0 Å². The maximum atomic E-state index is 11.7. The fourth-order valence-corrected chi connectivity index (χ4v) is 2.43. The third kappa shape index (κ3) is 4.92. The number of anilines is 3. The van der Waals surface area contributed by atoms with Crippen LogP contribution in [0.15, 0.2) is 42.5 Å². The van der Waals surface area contributed by atoms with Crippen LogP contribution in [0.2, 0.25) is 0 Å². The summed E-state index contributed by atoms with van der Waals surface area (Å²) >= 11 is 0. The lowest BCUT2D eigenvalue weighted by Crippen LogP contribution is -2.13. The molecule has 1 amide bonds. The zero-order chi connectivity index (χ0) is 16.1. The van der Waals surface area contributed by atoms with Gasteiger partial charge in [-0.15, -0.1) is 0 Å². The van der Waals surface area contributed by atoms with E-state index in [-0.39, 0.29) is 5.91 Å². The van der Waals surface area contributed by atoms with Crippen LogP contribution in [-0.2, 0) is 4.79 Å². The highest BCUT2D eigenvalue weighted by atomic mass is 16.1. The van der Waals surface area contributed by atoms with Gasteiger partial charge in [0.2, 0.25) is 5.91 Å². The van der Waals surface area contributed by atoms with E-state index in [4.69, 9.17) is 0 Å². The van der Waals surface area contributed by atoms with Gasteiger partial charge in [0.1, 0.15) is 0 Å². The van der Waals surface area contributed by atoms with Crippen molar-refractivity contribution in [3.63, 3.8) is 0 Å². The first-order chi connectivity index (χ1) is 10.4. The maximum absolute atomic E-state index is 11.7.